The van der Waals surface area contributed by atoms with Crippen LogP contribution >= 0.6 is 23.2 Å². The normalized spacial score (nSPS) is 12.2. The Balaban J connectivity index is 1.95. The number of hydrogen-bond donors (Lipinski definition) is 1. The molecule has 0 saturated heterocycles. The van der Waals surface area contributed by atoms with E-state index in [4.69, 9.17) is 33.7 Å². The van der Waals surface area contributed by atoms with Gasteiger partial charge in [0.1, 0.15) is 12.4 Å². The van der Waals surface area contributed by atoms with Crippen LogP contribution in [0.2, 0.25) is 10.0 Å². The summed E-state index contributed by atoms with van der Waals surface area (Å²) < 4.78 is 5.65. The van der Waals surface area contributed by atoms with Gasteiger partial charge in [-0.15, -0.1) is 0 Å². The largest absolute Gasteiger partial charge is 0.487 e. The van der Waals surface area contributed by atoms with Crippen molar-refractivity contribution in [3.05, 3.63) is 57.8 Å². The Morgan fingerprint density at radius 3 is 2.60 bits per heavy atom. The maximum absolute atomic E-state index is 5.95. The highest BCUT2D eigenvalue weighted by atomic mass is 35.5. The zero-order valence-electron chi connectivity index (χ0n) is 11.1. The van der Waals surface area contributed by atoms with E-state index >= 15 is 0 Å². The first-order chi connectivity index (χ1) is 9.54. The van der Waals surface area contributed by atoms with Crippen LogP contribution in [0.25, 0.3) is 0 Å². The van der Waals surface area contributed by atoms with Crippen LogP contribution in [0.1, 0.15) is 18.2 Å². The Morgan fingerprint density at radius 1 is 1.20 bits per heavy atom. The van der Waals surface area contributed by atoms with E-state index in [1.54, 1.807) is 18.3 Å². The molecule has 0 amide bonds. The molecule has 0 saturated carbocycles. The number of halogens is 2. The fourth-order valence-corrected chi connectivity index (χ4v) is 2.06. The van der Waals surface area contributed by atoms with E-state index < -0.39 is 0 Å². The molecule has 20 heavy (non-hydrogen) atoms. The average molecular weight is 311 g/mol. The molecule has 1 atom stereocenters. The third kappa shape index (κ3) is 4.37. The molecule has 0 radical (unpaired) electrons. The van der Waals surface area contributed by atoms with Gasteiger partial charge in [-0.2, -0.15) is 0 Å². The molecule has 0 bridgehead atoms. The molecule has 106 valence electrons. The monoisotopic (exact) mass is 310 g/mol. The minimum Gasteiger partial charge on any atom is -0.487 e. The molecule has 1 aromatic heterocycles. The molecule has 1 aromatic carbocycles. The van der Waals surface area contributed by atoms with Crippen molar-refractivity contribution in [2.24, 2.45) is 5.73 Å². The Bertz CT molecular complexity index is 571. The van der Waals surface area contributed by atoms with Gasteiger partial charge in [-0.25, -0.2) is 0 Å². The maximum Gasteiger partial charge on any atom is 0.138 e. The lowest BCUT2D eigenvalue weighted by atomic mass is 10.2. The van der Waals surface area contributed by atoms with E-state index in [0.29, 0.717) is 22.4 Å². The summed E-state index contributed by atoms with van der Waals surface area (Å²) in [5.41, 5.74) is 7.65. The molecule has 0 aliphatic carbocycles. The molecule has 0 fully saturated rings. The highest BCUT2D eigenvalue weighted by molar-refractivity contribution is 6.42. The van der Waals surface area contributed by atoms with Gasteiger partial charge in [0.2, 0.25) is 0 Å². The van der Waals surface area contributed by atoms with Crippen molar-refractivity contribution in [2.75, 3.05) is 0 Å². The highest BCUT2D eigenvalue weighted by Crippen LogP contribution is 2.23. The lowest BCUT2D eigenvalue weighted by Gasteiger charge is -2.08. The summed E-state index contributed by atoms with van der Waals surface area (Å²) in [6.45, 7) is 2.38. The predicted octanol–water partition coefficient (Wildman–Crippen LogP) is 3.86. The lowest BCUT2D eigenvalue weighted by Crippen LogP contribution is -2.18. The fraction of sp³-hybridized carbons (Fsp3) is 0.267. The van der Waals surface area contributed by atoms with Gasteiger partial charge in [-0.3, -0.25) is 4.98 Å². The summed E-state index contributed by atoms with van der Waals surface area (Å²) in [4.78, 5) is 4.31. The van der Waals surface area contributed by atoms with E-state index in [0.717, 1.165) is 17.7 Å². The van der Waals surface area contributed by atoms with Gasteiger partial charge in [0.15, 0.2) is 0 Å². The number of rotatable bonds is 5. The van der Waals surface area contributed by atoms with Gasteiger partial charge < -0.3 is 10.5 Å². The van der Waals surface area contributed by atoms with E-state index in [-0.39, 0.29) is 6.04 Å². The maximum atomic E-state index is 5.95. The zero-order chi connectivity index (χ0) is 14.5. The van der Waals surface area contributed by atoms with Crippen molar-refractivity contribution in [1.82, 2.24) is 4.98 Å². The lowest BCUT2D eigenvalue weighted by molar-refractivity contribution is 0.305. The van der Waals surface area contributed by atoms with Crippen molar-refractivity contribution in [3.63, 3.8) is 0 Å². The van der Waals surface area contributed by atoms with Gasteiger partial charge in [-0.05, 0) is 36.8 Å². The van der Waals surface area contributed by atoms with Crippen LogP contribution < -0.4 is 10.5 Å². The molecule has 5 heteroatoms. The summed E-state index contributed by atoms with van der Waals surface area (Å²) in [6.07, 6.45) is 2.46. The average Bonchev–Trinajstić information content (AvgIpc) is 2.41. The minimum atomic E-state index is 0.102. The minimum absolute atomic E-state index is 0.102. The quantitative estimate of drug-likeness (QED) is 0.912. The van der Waals surface area contributed by atoms with E-state index in [9.17, 15) is 0 Å². The first-order valence-corrected chi connectivity index (χ1v) is 7.07. The Hall–Kier alpha value is -1.29. The van der Waals surface area contributed by atoms with Gasteiger partial charge in [-0.1, -0.05) is 29.3 Å². The standard InChI is InChI=1S/C15H16Cl2N2O/c1-10(18)6-12-3-4-13(8-19-12)20-9-11-2-5-14(16)15(17)7-11/h2-5,7-8,10H,6,9,18H2,1H3. The molecular formula is C15H16Cl2N2O. The molecule has 1 heterocycles. The molecule has 0 aliphatic heterocycles. The number of nitrogens with zero attached hydrogens (tertiary/aromatic N) is 1. The second-order valence-corrected chi connectivity index (χ2v) is 5.52. The summed E-state index contributed by atoms with van der Waals surface area (Å²) >= 11 is 11.8. The predicted molar refractivity (Wildman–Crippen MR) is 82.4 cm³/mol. The summed E-state index contributed by atoms with van der Waals surface area (Å²) in [6, 6.07) is 9.35. The summed E-state index contributed by atoms with van der Waals surface area (Å²) in [5.74, 6) is 0.712. The SMILES string of the molecule is CC(N)Cc1ccc(OCc2ccc(Cl)c(Cl)c2)cn1. The third-order valence-electron chi connectivity index (χ3n) is 2.72. The van der Waals surface area contributed by atoms with Crippen molar-refractivity contribution < 1.29 is 4.74 Å². The van der Waals surface area contributed by atoms with Gasteiger partial charge >= 0.3 is 0 Å². The number of nitrogens with two attached hydrogens (primary N) is 1. The van der Waals surface area contributed by atoms with Gasteiger partial charge in [0, 0.05) is 18.2 Å². The second-order valence-electron chi connectivity index (χ2n) is 4.70. The first kappa shape index (κ1) is 15.1. The Labute approximate surface area is 128 Å². The summed E-state index contributed by atoms with van der Waals surface area (Å²) in [7, 11) is 0. The molecule has 0 aliphatic rings. The Morgan fingerprint density at radius 2 is 2.00 bits per heavy atom. The number of benzene rings is 1. The molecule has 3 nitrogen and oxygen atoms in total. The molecule has 1 unspecified atom stereocenters. The molecule has 2 aromatic rings. The van der Waals surface area contributed by atoms with Gasteiger partial charge in [0.25, 0.3) is 0 Å². The molecular weight excluding hydrogens is 295 g/mol. The molecule has 0 spiro atoms. The summed E-state index contributed by atoms with van der Waals surface area (Å²) in [5, 5.41) is 1.07. The zero-order valence-corrected chi connectivity index (χ0v) is 12.7. The smallest absolute Gasteiger partial charge is 0.138 e. The van der Waals surface area contributed by atoms with Crippen LogP contribution in [-0.4, -0.2) is 11.0 Å². The van der Waals surface area contributed by atoms with Crippen LogP contribution in [0, 0.1) is 0 Å². The van der Waals surface area contributed by atoms with E-state index in [2.05, 4.69) is 4.98 Å². The van der Waals surface area contributed by atoms with Crippen LogP contribution in [0.4, 0.5) is 0 Å². The van der Waals surface area contributed by atoms with E-state index in [1.807, 2.05) is 25.1 Å². The second kappa shape index (κ2) is 6.93. The van der Waals surface area contributed by atoms with Crippen LogP contribution in [0.15, 0.2) is 36.5 Å². The number of aromatic nitrogens is 1. The third-order valence-corrected chi connectivity index (χ3v) is 3.46. The van der Waals surface area contributed by atoms with Crippen molar-refractivity contribution >= 4 is 23.2 Å². The number of hydrogen-bond acceptors (Lipinski definition) is 3. The van der Waals surface area contributed by atoms with Gasteiger partial charge in [0.05, 0.1) is 16.2 Å². The topological polar surface area (TPSA) is 48.1 Å². The first-order valence-electron chi connectivity index (χ1n) is 6.32. The molecule has 2 N–H and O–H groups in total. The van der Waals surface area contributed by atoms with Crippen molar-refractivity contribution in [3.8, 4) is 5.75 Å². The number of ether oxygens (including phenoxy) is 1. The molecule has 2 rings (SSSR count). The van der Waals surface area contributed by atoms with Crippen molar-refractivity contribution in [1.29, 1.82) is 0 Å². The van der Waals surface area contributed by atoms with Crippen molar-refractivity contribution in [2.45, 2.75) is 26.0 Å². The fourth-order valence-electron chi connectivity index (χ4n) is 1.74. The van der Waals surface area contributed by atoms with E-state index in [1.165, 1.54) is 0 Å². The van der Waals surface area contributed by atoms with Crippen LogP contribution in [0.5, 0.6) is 5.75 Å². The number of pyridine rings is 1. The van der Waals surface area contributed by atoms with Crippen LogP contribution in [0.3, 0.4) is 0 Å². The Kier molecular flexibility index (Phi) is 5.24. The highest BCUT2D eigenvalue weighted by Gasteiger charge is 2.03. The van der Waals surface area contributed by atoms with Crippen LogP contribution in [-0.2, 0) is 13.0 Å².